The third-order valence-corrected chi connectivity index (χ3v) is 5.97. The number of anilines is 1. The smallest absolute Gasteiger partial charge is 0.229 e. The van der Waals surface area contributed by atoms with Crippen molar-refractivity contribution in [2.75, 3.05) is 5.32 Å². The lowest BCUT2D eigenvalue weighted by atomic mass is 9.86. The Bertz CT molecular complexity index is 653. The average molecular weight is 385 g/mol. The number of carbonyl (C=O) groups is 1. The van der Waals surface area contributed by atoms with Crippen molar-refractivity contribution in [3.05, 3.63) is 35.9 Å². The predicted molar refractivity (Wildman–Crippen MR) is 102 cm³/mol. The number of carbonyl (C=O) groups excluding carboxylic acids is 1. The van der Waals surface area contributed by atoms with Gasteiger partial charge in [-0.05, 0) is 24.8 Å². The number of nitrogens with one attached hydrogen (secondary N) is 1. The maximum Gasteiger partial charge on any atom is 0.229 e. The molecule has 1 heterocycles. The van der Waals surface area contributed by atoms with Crippen molar-refractivity contribution in [3.8, 4) is 0 Å². The quantitative estimate of drug-likeness (QED) is 0.606. The lowest BCUT2D eigenvalue weighted by molar-refractivity contribution is -0.120. The van der Waals surface area contributed by atoms with Crippen LogP contribution in [-0.4, -0.2) is 22.1 Å². The van der Waals surface area contributed by atoms with Crippen LogP contribution in [0.15, 0.2) is 34.7 Å². The Balaban J connectivity index is 0.00000208. The van der Waals surface area contributed by atoms with E-state index in [1.54, 1.807) is 11.8 Å². The summed E-state index contributed by atoms with van der Waals surface area (Å²) in [4.78, 5) is 12.3. The van der Waals surface area contributed by atoms with Crippen molar-refractivity contribution in [2.45, 2.75) is 41.8 Å². The number of hydrogen-bond donors (Lipinski definition) is 2. The highest BCUT2D eigenvalue weighted by Gasteiger charge is 2.26. The summed E-state index contributed by atoms with van der Waals surface area (Å²) < 4.78 is 0.865. The van der Waals surface area contributed by atoms with E-state index in [9.17, 15) is 4.79 Å². The van der Waals surface area contributed by atoms with E-state index in [4.69, 9.17) is 5.73 Å². The van der Waals surface area contributed by atoms with Crippen LogP contribution in [0.4, 0.5) is 5.13 Å². The number of nitrogens with zero attached hydrogens (tertiary/aromatic N) is 2. The Hall–Kier alpha value is -1.15. The highest BCUT2D eigenvalue weighted by molar-refractivity contribution is 8.00. The second kappa shape index (κ2) is 9.36. The van der Waals surface area contributed by atoms with Crippen LogP contribution in [0.2, 0.25) is 0 Å². The van der Waals surface area contributed by atoms with E-state index in [-0.39, 0.29) is 30.3 Å². The van der Waals surface area contributed by atoms with Gasteiger partial charge in [-0.25, -0.2) is 0 Å². The maximum atomic E-state index is 12.3. The summed E-state index contributed by atoms with van der Waals surface area (Å²) in [6.45, 7) is 0. The van der Waals surface area contributed by atoms with Crippen LogP contribution in [0.3, 0.4) is 0 Å². The van der Waals surface area contributed by atoms with Crippen molar-refractivity contribution < 1.29 is 4.79 Å². The van der Waals surface area contributed by atoms with Gasteiger partial charge in [-0.15, -0.1) is 22.6 Å². The largest absolute Gasteiger partial charge is 0.328 e. The normalized spacial score (nSPS) is 20.2. The molecule has 2 atom stereocenters. The molecule has 1 saturated carbocycles. The van der Waals surface area contributed by atoms with Gasteiger partial charge in [0.2, 0.25) is 11.0 Å². The van der Waals surface area contributed by atoms with Gasteiger partial charge in [0.15, 0.2) is 4.34 Å². The number of thioether (sulfide) groups is 1. The fourth-order valence-corrected chi connectivity index (χ4v) is 4.42. The lowest BCUT2D eigenvalue weighted by Crippen LogP contribution is -2.34. The zero-order valence-corrected chi connectivity index (χ0v) is 15.6. The molecule has 130 valence electrons. The minimum atomic E-state index is 0. The summed E-state index contributed by atoms with van der Waals surface area (Å²) in [6, 6.07) is 10.4. The molecule has 3 N–H and O–H groups in total. The summed E-state index contributed by atoms with van der Waals surface area (Å²) in [7, 11) is 0. The van der Waals surface area contributed by atoms with Gasteiger partial charge in [0.25, 0.3) is 0 Å². The number of halogens is 1. The Morgan fingerprint density at radius 3 is 2.83 bits per heavy atom. The Morgan fingerprint density at radius 1 is 1.29 bits per heavy atom. The van der Waals surface area contributed by atoms with E-state index in [1.165, 1.54) is 16.9 Å². The van der Waals surface area contributed by atoms with E-state index >= 15 is 0 Å². The molecule has 1 aliphatic rings. The first-order valence-electron chi connectivity index (χ1n) is 7.77. The van der Waals surface area contributed by atoms with Crippen molar-refractivity contribution in [3.63, 3.8) is 0 Å². The summed E-state index contributed by atoms with van der Waals surface area (Å²) in [5.41, 5.74) is 7.19. The molecule has 5 nitrogen and oxygen atoms in total. The topological polar surface area (TPSA) is 80.9 Å². The van der Waals surface area contributed by atoms with Crippen molar-refractivity contribution in [1.29, 1.82) is 0 Å². The molecule has 2 aromatic rings. The maximum absolute atomic E-state index is 12.3. The molecular formula is C16H21ClN4OS2. The molecule has 2 unspecified atom stereocenters. The minimum Gasteiger partial charge on any atom is -0.328 e. The van der Waals surface area contributed by atoms with Gasteiger partial charge in [-0.3, -0.25) is 4.79 Å². The van der Waals surface area contributed by atoms with Crippen LogP contribution < -0.4 is 11.1 Å². The lowest BCUT2D eigenvalue weighted by Gasteiger charge is -2.25. The average Bonchev–Trinajstić information content (AvgIpc) is 3.01. The summed E-state index contributed by atoms with van der Waals surface area (Å²) in [5, 5.41) is 11.7. The molecule has 0 radical (unpaired) electrons. The van der Waals surface area contributed by atoms with E-state index in [0.29, 0.717) is 5.13 Å². The minimum absolute atomic E-state index is 0. The van der Waals surface area contributed by atoms with Crippen LogP contribution in [0.1, 0.15) is 31.2 Å². The second-order valence-corrected chi connectivity index (χ2v) is 7.96. The monoisotopic (exact) mass is 384 g/mol. The molecular weight excluding hydrogens is 364 g/mol. The summed E-state index contributed by atoms with van der Waals surface area (Å²) >= 11 is 3.05. The molecule has 0 saturated heterocycles. The number of aromatic nitrogens is 2. The van der Waals surface area contributed by atoms with Gasteiger partial charge < -0.3 is 11.1 Å². The molecule has 1 aromatic carbocycles. The van der Waals surface area contributed by atoms with Crippen LogP contribution in [-0.2, 0) is 10.5 Å². The van der Waals surface area contributed by atoms with E-state index in [1.807, 2.05) is 18.2 Å². The van der Waals surface area contributed by atoms with E-state index in [2.05, 4.69) is 27.6 Å². The highest BCUT2D eigenvalue weighted by Crippen LogP contribution is 2.29. The zero-order chi connectivity index (χ0) is 16.1. The fraction of sp³-hybridized carbons (Fsp3) is 0.438. The number of hydrogen-bond acceptors (Lipinski definition) is 6. The van der Waals surface area contributed by atoms with Crippen molar-refractivity contribution in [1.82, 2.24) is 10.2 Å². The number of benzene rings is 1. The standard InChI is InChI=1S/C16H20N4OS2.ClH/c17-13-8-4-7-12(9-13)14(21)18-15-19-20-16(23-15)22-10-11-5-2-1-3-6-11;/h1-3,5-6,12-13H,4,7-10,17H2,(H,18,19,21);1H. The number of amides is 1. The molecule has 1 aliphatic carbocycles. The molecule has 1 fully saturated rings. The molecule has 0 spiro atoms. The van der Waals surface area contributed by atoms with Gasteiger partial charge in [-0.1, -0.05) is 59.9 Å². The van der Waals surface area contributed by atoms with Gasteiger partial charge >= 0.3 is 0 Å². The molecule has 0 bridgehead atoms. The number of rotatable bonds is 5. The van der Waals surface area contributed by atoms with Crippen molar-refractivity contribution >= 4 is 46.5 Å². The van der Waals surface area contributed by atoms with Crippen LogP contribution in [0, 0.1) is 5.92 Å². The molecule has 8 heteroatoms. The molecule has 3 rings (SSSR count). The van der Waals surface area contributed by atoms with Gasteiger partial charge in [0.1, 0.15) is 0 Å². The Kier molecular flexibility index (Phi) is 7.48. The predicted octanol–water partition coefficient (Wildman–Crippen LogP) is 3.71. The van der Waals surface area contributed by atoms with Crippen LogP contribution >= 0.6 is 35.5 Å². The molecule has 0 aliphatic heterocycles. The first-order chi connectivity index (χ1) is 11.2. The van der Waals surface area contributed by atoms with Gasteiger partial charge in [-0.2, -0.15) is 0 Å². The van der Waals surface area contributed by atoms with Gasteiger partial charge in [0, 0.05) is 17.7 Å². The number of nitrogens with two attached hydrogens (primary N) is 1. The SMILES string of the molecule is Cl.NC1CCCC(C(=O)Nc2nnc(SCc3ccccc3)s2)C1. The highest BCUT2D eigenvalue weighted by atomic mass is 35.5. The van der Waals surface area contributed by atoms with E-state index < -0.39 is 0 Å². The van der Waals surface area contributed by atoms with E-state index in [0.717, 1.165) is 35.8 Å². The van der Waals surface area contributed by atoms with Crippen LogP contribution in [0.5, 0.6) is 0 Å². The molecule has 1 aromatic heterocycles. The summed E-state index contributed by atoms with van der Waals surface area (Å²) in [5.74, 6) is 0.875. The Morgan fingerprint density at radius 2 is 2.08 bits per heavy atom. The summed E-state index contributed by atoms with van der Waals surface area (Å²) in [6.07, 6.45) is 3.71. The molecule has 1 amide bonds. The fourth-order valence-electron chi connectivity index (χ4n) is 2.71. The first-order valence-corrected chi connectivity index (χ1v) is 9.57. The molecule has 24 heavy (non-hydrogen) atoms. The third-order valence-electron chi connectivity index (χ3n) is 3.93. The second-order valence-electron chi connectivity index (χ2n) is 5.76. The Labute approximate surface area is 156 Å². The van der Waals surface area contributed by atoms with Crippen molar-refractivity contribution in [2.24, 2.45) is 11.7 Å². The zero-order valence-electron chi connectivity index (χ0n) is 13.2. The first kappa shape index (κ1) is 19.2. The third kappa shape index (κ3) is 5.44. The van der Waals surface area contributed by atoms with Gasteiger partial charge in [0.05, 0.1) is 0 Å². The van der Waals surface area contributed by atoms with Crippen LogP contribution in [0.25, 0.3) is 0 Å².